The number of hydrogen-bond acceptors (Lipinski definition) is 5. The summed E-state index contributed by atoms with van der Waals surface area (Å²) in [7, 11) is -1.09. The van der Waals surface area contributed by atoms with Crippen molar-refractivity contribution in [1.82, 2.24) is 24.3 Å². The topological polar surface area (TPSA) is 74.8 Å². The number of carbonyl (C=O) groups excluding carboxylic acids is 1. The van der Waals surface area contributed by atoms with Crippen LogP contribution >= 0.6 is 0 Å². The maximum atomic E-state index is 10.7. The SMILES string of the molecule is CC(CC=O)n1cc(-c2ncnc3c2ccn3COCC[Si](C)(C)C)cn1. The zero-order chi connectivity index (χ0) is 19.4. The third-order valence-corrected chi connectivity index (χ3v) is 6.25. The summed E-state index contributed by atoms with van der Waals surface area (Å²) in [4.78, 5) is 19.6. The van der Waals surface area contributed by atoms with Gasteiger partial charge in [0.05, 0.1) is 17.9 Å². The molecule has 0 aliphatic rings. The molecule has 0 fully saturated rings. The molecule has 0 amide bonds. The largest absolute Gasteiger partial charge is 0.361 e. The molecule has 3 aromatic heterocycles. The summed E-state index contributed by atoms with van der Waals surface area (Å²) in [5, 5.41) is 5.34. The second-order valence-electron chi connectivity index (χ2n) is 8.05. The van der Waals surface area contributed by atoms with E-state index in [1.165, 1.54) is 0 Å². The van der Waals surface area contributed by atoms with Gasteiger partial charge in [0.25, 0.3) is 0 Å². The van der Waals surface area contributed by atoms with E-state index >= 15 is 0 Å². The zero-order valence-corrected chi connectivity index (χ0v) is 17.4. The molecule has 0 aromatic carbocycles. The highest BCUT2D eigenvalue weighted by molar-refractivity contribution is 6.76. The van der Waals surface area contributed by atoms with Crippen LogP contribution in [0.2, 0.25) is 25.7 Å². The minimum atomic E-state index is -1.09. The lowest BCUT2D eigenvalue weighted by Crippen LogP contribution is -2.22. The van der Waals surface area contributed by atoms with Crippen LogP contribution < -0.4 is 0 Å². The van der Waals surface area contributed by atoms with Crippen LogP contribution in [0, 0.1) is 0 Å². The van der Waals surface area contributed by atoms with Gasteiger partial charge in [-0.25, -0.2) is 9.97 Å². The number of rotatable bonds is 9. The van der Waals surface area contributed by atoms with E-state index in [1.807, 2.05) is 30.0 Å². The molecule has 3 aromatic rings. The van der Waals surface area contributed by atoms with Gasteiger partial charge < -0.3 is 14.1 Å². The van der Waals surface area contributed by atoms with Gasteiger partial charge in [-0.3, -0.25) is 4.68 Å². The Bertz CT molecular complexity index is 912. The Labute approximate surface area is 160 Å². The lowest BCUT2D eigenvalue weighted by molar-refractivity contribution is -0.108. The van der Waals surface area contributed by atoms with Gasteiger partial charge >= 0.3 is 0 Å². The molecule has 0 N–H and O–H groups in total. The monoisotopic (exact) mass is 385 g/mol. The van der Waals surface area contributed by atoms with Gasteiger partial charge in [-0.15, -0.1) is 0 Å². The standard InChI is InChI=1S/C19H27N5O2Si/c1-15(6-8-25)24-12-16(11-22-24)18-17-5-7-23(19(17)21-13-20-18)14-26-9-10-27(2,3)4/h5,7-8,11-13,15H,6,9-10,14H2,1-4H3. The summed E-state index contributed by atoms with van der Waals surface area (Å²) in [6.45, 7) is 10.3. The molecule has 0 radical (unpaired) electrons. The Kier molecular flexibility index (Phi) is 5.86. The summed E-state index contributed by atoms with van der Waals surface area (Å²) in [5.41, 5.74) is 2.60. The molecule has 0 saturated carbocycles. The smallest absolute Gasteiger partial charge is 0.145 e. The third-order valence-electron chi connectivity index (χ3n) is 4.55. The Morgan fingerprint density at radius 1 is 1.30 bits per heavy atom. The van der Waals surface area contributed by atoms with Crippen molar-refractivity contribution in [3.05, 3.63) is 31.0 Å². The van der Waals surface area contributed by atoms with Crippen molar-refractivity contribution in [3.63, 3.8) is 0 Å². The molecule has 0 aliphatic carbocycles. The maximum absolute atomic E-state index is 10.7. The van der Waals surface area contributed by atoms with E-state index in [9.17, 15) is 4.79 Å². The minimum Gasteiger partial charge on any atom is -0.361 e. The Hall–Kier alpha value is -2.32. The number of carbonyl (C=O) groups is 1. The Balaban J connectivity index is 1.78. The first-order chi connectivity index (χ1) is 12.9. The van der Waals surface area contributed by atoms with Crippen LogP contribution in [0.15, 0.2) is 31.0 Å². The number of aldehydes is 1. The van der Waals surface area contributed by atoms with Crippen LogP contribution in [0.1, 0.15) is 19.4 Å². The van der Waals surface area contributed by atoms with Gasteiger partial charge in [0.1, 0.15) is 25.0 Å². The number of nitrogens with zero attached hydrogens (tertiary/aromatic N) is 5. The first-order valence-electron chi connectivity index (χ1n) is 9.25. The highest BCUT2D eigenvalue weighted by Crippen LogP contribution is 2.26. The van der Waals surface area contributed by atoms with E-state index in [4.69, 9.17) is 4.74 Å². The maximum Gasteiger partial charge on any atom is 0.145 e. The predicted molar refractivity (Wildman–Crippen MR) is 108 cm³/mol. The highest BCUT2D eigenvalue weighted by Gasteiger charge is 2.15. The zero-order valence-electron chi connectivity index (χ0n) is 16.4. The average molecular weight is 386 g/mol. The summed E-state index contributed by atoms with van der Waals surface area (Å²) in [5.74, 6) is 0. The van der Waals surface area contributed by atoms with Crippen LogP contribution in [-0.4, -0.2) is 45.3 Å². The molecule has 8 heteroatoms. The van der Waals surface area contributed by atoms with E-state index in [0.29, 0.717) is 13.2 Å². The summed E-state index contributed by atoms with van der Waals surface area (Å²) in [6, 6.07) is 3.18. The predicted octanol–water partition coefficient (Wildman–Crippen LogP) is 3.76. The third kappa shape index (κ3) is 4.70. The molecular formula is C19H27N5O2Si. The van der Waals surface area contributed by atoms with Gasteiger partial charge in [0, 0.05) is 44.4 Å². The van der Waals surface area contributed by atoms with Crippen molar-refractivity contribution in [2.75, 3.05) is 6.61 Å². The van der Waals surface area contributed by atoms with Crippen LogP contribution in [0.3, 0.4) is 0 Å². The average Bonchev–Trinajstić information content (AvgIpc) is 3.25. The van der Waals surface area contributed by atoms with Gasteiger partial charge in [0.2, 0.25) is 0 Å². The fraction of sp³-hybridized carbons (Fsp3) is 0.474. The molecule has 0 spiro atoms. The van der Waals surface area contributed by atoms with Crippen LogP contribution in [-0.2, 0) is 16.3 Å². The van der Waals surface area contributed by atoms with Gasteiger partial charge in [-0.2, -0.15) is 5.10 Å². The molecule has 1 unspecified atom stereocenters. The fourth-order valence-corrected chi connectivity index (χ4v) is 3.58. The normalized spacial score (nSPS) is 13.2. The quantitative estimate of drug-likeness (QED) is 0.318. The number of hydrogen-bond donors (Lipinski definition) is 0. The minimum absolute atomic E-state index is 0.0259. The molecule has 144 valence electrons. The number of aromatic nitrogens is 5. The van der Waals surface area contributed by atoms with E-state index in [1.54, 1.807) is 17.2 Å². The summed E-state index contributed by atoms with van der Waals surface area (Å²) >= 11 is 0. The molecule has 1 atom stereocenters. The molecule has 0 aliphatic heterocycles. The lowest BCUT2D eigenvalue weighted by Gasteiger charge is -2.15. The van der Waals surface area contributed by atoms with Crippen molar-refractivity contribution in [1.29, 1.82) is 0 Å². The van der Waals surface area contributed by atoms with Crippen LogP contribution in [0.25, 0.3) is 22.3 Å². The fourth-order valence-electron chi connectivity index (χ4n) is 2.83. The lowest BCUT2D eigenvalue weighted by atomic mass is 10.2. The van der Waals surface area contributed by atoms with Crippen molar-refractivity contribution < 1.29 is 9.53 Å². The molecular weight excluding hydrogens is 358 g/mol. The van der Waals surface area contributed by atoms with Crippen molar-refractivity contribution in [2.45, 2.75) is 51.8 Å². The van der Waals surface area contributed by atoms with E-state index in [0.717, 1.165) is 41.2 Å². The van der Waals surface area contributed by atoms with Crippen LogP contribution in [0.4, 0.5) is 0 Å². The van der Waals surface area contributed by atoms with Crippen molar-refractivity contribution in [3.8, 4) is 11.3 Å². The Morgan fingerprint density at radius 3 is 2.85 bits per heavy atom. The van der Waals surface area contributed by atoms with Gasteiger partial charge in [-0.05, 0) is 19.0 Å². The summed E-state index contributed by atoms with van der Waals surface area (Å²) < 4.78 is 9.66. The van der Waals surface area contributed by atoms with Crippen molar-refractivity contribution in [2.24, 2.45) is 0 Å². The van der Waals surface area contributed by atoms with Gasteiger partial charge in [-0.1, -0.05) is 19.6 Å². The van der Waals surface area contributed by atoms with Gasteiger partial charge in [0.15, 0.2) is 0 Å². The second-order valence-corrected chi connectivity index (χ2v) is 13.7. The molecule has 0 bridgehead atoms. The summed E-state index contributed by atoms with van der Waals surface area (Å²) in [6.07, 6.45) is 8.62. The molecule has 27 heavy (non-hydrogen) atoms. The molecule has 0 saturated heterocycles. The van der Waals surface area contributed by atoms with E-state index in [2.05, 4.69) is 34.7 Å². The molecule has 3 heterocycles. The van der Waals surface area contributed by atoms with Crippen molar-refractivity contribution >= 4 is 25.4 Å². The van der Waals surface area contributed by atoms with Crippen LogP contribution in [0.5, 0.6) is 0 Å². The Morgan fingerprint density at radius 2 is 2.11 bits per heavy atom. The highest BCUT2D eigenvalue weighted by atomic mass is 28.3. The van der Waals surface area contributed by atoms with E-state index < -0.39 is 8.07 Å². The molecule has 7 nitrogen and oxygen atoms in total. The van der Waals surface area contributed by atoms with E-state index in [-0.39, 0.29) is 6.04 Å². The second kappa shape index (κ2) is 8.14. The number of ether oxygens (including phenoxy) is 1. The first-order valence-corrected chi connectivity index (χ1v) is 13.0. The first kappa shape index (κ1) is 19.4. The number of fused-ring (bicyclic) bond motifs is 1. The molecule has 3 rings (SSSR count).